The maximum Gasteiger partial charge on any atom is 0.314 e. The molecule has 1 fully saturated rings. The van der Waals surface area contributed by atoms with E-state index in [0.717, 1.165) is 37.3 Å². The zero-order valence-corrected chi connectivity index (χ0v) is 17.7. The highest BCUT2D eigenvalue weighted by molar-refractivity contribution is 6.33. The number of hydrogen-bond acceptors (Lipinski definition) is 5. The first kappa shape index (κ1) is 21.0. The number of urea groups is 1. The summed E-state index contributed by atoms with van der Waals surface area (Å²) in [4.78, 5) is 27.3. The lowest BCUT2D eigenvalue weighted by Crippen LogP contribution is -2.47. The Balaban J connectivity index is 1.65. The van der Waals surface area contributed by atoms with E-state index in [9.17, 15) is 9.18 Å². The minimum atomic E-state index is -0.315. The molecule has 2 amide bonds. The number of benzene rings is 1. The molecule has 1 saturated heterocycles. The van der Waals surface area contributed by atoms with Gasteiger partial charge in [0, 0.05) is 49.7 Å². The molecule has 4 rings (SSSR count). The molecular weight excluding hydrogens is 419 g/mol. The van der Waals surface area contributed by atoms with Gasteiger partial charge in [-0.3, -0.25) is 9.97 Å². The molecule has 160 valence electrons. The summed E-state index contributed by atoms with van der Waals surface area (Å²) in [5, 5.41) is 6.00. The largest absolute Gasteiger partial charge is 0.355 e. The molecule has 0 spiro atoms. The minimum absolute atomic E-state index is 0.122. The molecule has 1 aromatic carbocycles. The predicted octanol–water partition coefficient (Wildman–Crippen LogP) is 3.90. The molecule has 2 N–H and O–H groups in total. The van der Waals surface area contributed by atoms with Crippen LogP contribution in [0.1, 0.15) is 12.8 Å². The molecule has 0 bridgehead atoms. The lowest BCUT2D eigenvalue weighted by atomic mass is 10.0. The molecule has 1 aliphatic heterocycles. The van der Waals surface area contributed by atoms with E-state index >= 15 is 0 Å². The van der Waals surface area contributed by atoms with Gasteiger partial charge in [0.1, 0.15) is 17.3 Å². The number of anilines is 1. The summed E-state index contributed by atoms with van der Waals surface area (Å²) in [5.41, 5.74) is 2.69. The summed E-state index contributed by atoms with van der Waals surface area (Å²) in [6.07, 6.45) is 6.56. The number of piperidine rings is 1. The van der Waals surface area contributed by atoms with Crippen molar-refractivity contribution in [3.63, 3.8) is 0 Å². The Bertz CT molecular complexity index is 1070. The van der Waals surface area contributed by atoms with Crippen molar-refractivity contribution in [2.24, 2.45) is 0 Å². The highest BCUT2D eigenvalue weighted by Crippen LogP contribution is 2.34. The van der Waals surface area contributed by atoms with Crippen LogP contribution in [-0.4, -0.2) is 47.2 Å². The molecule has 9 heteroatoms. The van der Waals surface area contributed by atoms with Crippen LogP contribution in [0.5, 0.6) is 0 Å². The summed E-state index contributed by atoms with van der Waals surface area (Å²) < 4.78 is 13.4. The minimum Gasteiger partial charge on any atom is -0.355 e. The lowest BCUT2D eigenvalue weighted by molar-refractivity contribution is 0.236. The molecule has 0 radical (unpaired) electrons. The second-order valence-corrected chi connectivity index (χ2v) is 7.68. The number of halogens is 2. The van der Waals surface area contributed by atoms with Crippen molar-refractivity contribution in [3.05, 3.63) is 59.8 Å². The van der Waals surface area contributed by atoms with Gasteiger partial charge in [-0.15, -0.1) is 0 Å². The van der Waals surface area contributed by atoms with Gasteiger partial charge in [-0.1, -0.05) is 11.6 Å². The van der Waals surface area contributed by atoms with Gasteiger partial charge in [-0.25, -0.2) is 14.2 Å². The Morgan fingerprint density at radius 1 is 1.13 bits per heavy atom. The maximum absolute atomic E-state index is 13.4. The molecule has 0 aliphatic carbocycles. The van der Waals surface area contributed by atoms with Crippen molar-refractivity contribution in [2.45, 2.75) is 18.9 Å². The maximum atomic E-state index is 13.4. The van der Waals surface area contributed by atoms with Crippen molar-refractivity contribution in [3.8, 4) is 22.5 Å². The van der Waals surface area contributed by atoms with Crippen LogP contribution in [0.4, 0.5) is 15.0 Å². The first-order valence-electron chi connectivity index (χ1n) is 10.0. The Labute approximate surface area is 184 Å². The third-order valence-corrected chi connectivity index (χ3v) is 5.59. The van der Waals surface area contributed by atoms with Crippen LogP contribution < -0.4 is 15.5 Å². The fraction of sp³-hybridized carbons (Fsp3) is 0.273. The number of hydrogen-bond donors (Lipinski definition) is 2. The number of pyridine rings is 1. The van der Waals surface area contributed by atoms with Crippen LogP contribution >= 0.6 is 11.6 Å². The van der Waals surface area contributed by atoms with Crippen molar-refractivity contribution >= 4 is 23.4 Å². The average molecular weight is 441 g/mol. The lowest BCUT2D eigenvalue weighted by Gasteiger charge is -2.33. The topological polar surface area (TPSA) is 83.0 Å². The Kier molecular flexibility index (Phi) is 6.27. The fourth-order valence-electron chi connectivity index (χ4n) is 3.62. The molecule has 31 heavy (non-hydrogen) atoms. The van der Waals surface area contributed by atoms with Gasteiger partial charge in [-0.05, 0) is 43.2 Å². The molecule has 2 aromatic heterocycles. The molecule has 0 atom stereocenters. The highest BCUT2D eigenvalue weighted by Gasteiger charge is 2.23. The Morgan fingerprint density at radius 3 is 2.55 bits per heavy atom. The summed E-state index contributed by atoms with van der Waals surface area (Å²) in [6, 6.07) is 7.89. The van der Waals surface area contributed by atoms with E-state index in [1.807, 2.05) is 0 Å². The second-order valence-electron chi connectivity index (χ2n) is 7.27. The van der Waals surface area contributed by atoms with Crippen molar-refractivity contribution in [1.82, 2.24) is 25.6 Å². The molecule has 0 unspecified atom stereocenters. The SMILES string of the molecule is CNC(=O)NC1CCN(c2cnc(-c3ccc(F)cc3)c(-c3ccncc3Cl)n2)CC1. The first-order valence-corrected chi connectivity index (χ1v) is 10.4. The van der Waals surface area contributed by atoms with E-state index in [-0.39, 0.29) is 17.9 Å². The predicted molar refractivity (Wildman–Crippen MR) is 118 cm³/mol. The van der Waals surface area contributed by atoms with Gasteiger partial charge >= 0.3 is 6.03 Å². The summed E-state index contributed by atoms with van der Waals surface area (Å²) in [6.45, 7) is 1.48. The summed E-state index contributed by atoms with van der Waals surface area (Å²) >= 11 is 6.41. The molecule has 3 aromatic rings. The monoisotopic (exact) mass is 440 g/mol. The van der Waals surface area contributed by atoms with Crippen LogP contribution in [-0.2, 0) is 0 Å². The van der Waals surface area contributed by atoms with Crippen LogP contribution in [0.15, 0.2) is 48.9 Å². The number of nitrogens with zero attached hydrogens (tertiary/aromatic N) is 4. The third-order valence-electron chi connectivity index (χ3n) is 5.29. The zero-order valence-electron chi connectivity index (χ0n) is 17.0. The van der Waals surface area contributed by atoms with Crippen LogP contribution in [0, 0.1) is 5.82 Å². The van der Waals surface area contributed by atoms with E-state index in [4.69, 9.17) is 16.6 Å². The Morgan fingerprint density at radius 2 is 1.87 bits per heavy atom. The van der Waals surface area contributed by atoms with E-state index in [2.05, 4.69) is 25.5 Å². The number of aromatic nitrogens is 3. The molecular formula is C22H22ClFN6O. The van der Waals surface area contributed by atoms with Gasteiger partial charge in [0.05, 0.1) is 16.9 Å². The molecule has 1 aliphatic rings. The van der Waals surface area contributed by atoms with Crippen LogP contribution in [0.3, 0.4) is 0 Å². The smallest absolute Gasteiger partial charge is 0.314 e. The van der Waals surface area contributed by atoms with E-state index in [1.165, 1.54) is 12.1 Å². The first-order chi connectivity index (χ1) is 15.0. The van der Waals surface area contributed by atoms with Crippen molar-refractivity contribution in [2.75, 3.05) is 25.0 Å². The van der Waals surface area contributed by atoms with Crippen molar-refractivity contribution < 1.29 is 9.18 Å². The highest BCUT2D eigenvalue weighted by atomic mass is 35.5. The second kappa shape index (κ2) is 9.26. The van der Waals surface area contributed by atoms with Gasteiger partial charge in [0.2, 0.25) is 0 Å². The normalized spacial score (nSPS) is 14.4. The zero-order chi connectivity index (χ0) is 21.8. The van der Waals surface area contributed by atoms with Crippen LogP contribution in [0.25, 0.3) is 22.5 Å². The third kappa shape index (κ3) is 4.74. The van der Waals surface area contributed by atoms with Gasteiger partial charge in [-0.2, -0.15) is 0 Å². The summed E-state index contributed by atoms with van der Waals surface area (Å²) in [7, 11) is 1.61. The van der Waals surface area contributed by atoms with Gasteiger partial charge in [0.25, 0.3) is 0 Å². The Hall–Kier alpha value is -3.26. The number of amides is 2. The number of nitrogens with one attached hydrogen (secondary N) is 2. The van der Waals surface area contributed by atoms with E-state index < -0.39 is 0 Å². The number of rotatable bonds is 4. The quantitative estimate of drug-likeness (QED) is 0.643. The molecule has 0 saturated carbocycles. The average Bonchev–Trinajstić information content (AvgIpc) is 2.80. The van der Waals surface area contributed by atoms with E-state index in [1.54, 1.807) is 43.8 Å². The standard InChI is InChI=1S/C22H22ClFN6O/c1-25-22(31)28-16-7-10-30(11-8-16)19-13-27-20(14-2-4-15(24)5-3-14)21(29-19)17-6-9-26-12-18(17)23/h2-6,9,12-13,16H,7-8,10-11H2,1H3,(H2,25,28,31). The van der Waals surface area contributed by atoms with Crippen LogP contribution in [0.2, 0.25) is 5.02 Å². The van der Waals surface area contributed by atoms with Crippen molar-refractivity contribution in [1.29, 1.82) is 0 Å². The number of carbonyl (C=O) groups excluding carboxylic acids is 1. The number of carbonyl (C=O) groups is 1. The molecule has 3 heterocycles. The summed E-state index contributed by atoms with van der Waals surface area (Å²) in [5.74, 6) is 0.414. The van der Waals surface area contributed by atoms with Gasteiger partial charge in [0.15, 0.2) is 0 Å². The van der Waals surface area contributed by atoms with E-state index in [0.29, 0.717) is 22.0 Å². The van der Waals surface area contributed by atoms with Gasteiger partial charge < -0.3 is 15.5 Å². The fourth-order valence-corrected chi connectivity index (χ4v) is 3.83. The molecule has 7 nitrogen and oxygen atoms in total.